The lowest BCUT2D eigenvalue weighted by Gasteiger charge is -2.25. The zero-order valence-corrected chi connectivity index (χ0v) is 11.2. The Hall–Kier alpha value is -1.42. The summed E-state index contributed by atoms with van der Waals surface area (Å²) in [4.78, 5) is 11.5. The van der Waals surface area contributed by atoms with Crippen LogP contribution in [0.15, 0.2) is 24.3 Å². The highest BCUT2D eigenvalue weighted by Crippen LogP contribution is 2.22. The number of rotatable bonds is 6. The molecule has 100 valence electrons. The Kier molecular flexibility index (Phi) is 5.28. The van der Waals surface area contributed by atoms with Crippen LogP contribution in [0.4, 0.5) is 4.39 Å². The van der Waals surface area contributed by atoms with Gasteiger partial charge in [0.05, 0.1) is 0 Å². The monoisotopic (exact) mass is 252 g/mol. The SMILES string of the molecule is CNCCC(=O)NCC(C)(C)c1cccc(F)c1. The molecule has 0 fully saturated rings. The molecule has 0 aliphatic rings. The number of carbonyl (C=O) groups is 1. The Morgan fingerprint density at radius 2 is 2.11 bits per heavy atom. The summed E-state index contributed by atoms with van der Waals surface area (Å²) in [6, 6.07) is 6.50. The van der Waals surface area contributed by atoms with Gasteiger partial charge < -0.3 is 10.6 Å². The third-order valence-electron chi connectivity index (χ3n) is 2.94. The number of hydrogen-bond donors (Lipinski definition) is 2. The first-order chi connectivity index (χ1) is 8.45. The topological polar surface area (TPSA) is 41.1 Å². The van der Waals surface area contributed by atoms with Crippen LogP contribution in [0.5, 0.6) is 0 Å². The molecule has 0 unspecified atom stereocenters. The molecule has 0 aliphatic heterocycles. The van der Waals surface area contributed by atoms with E-state index in [1.807, 2.05) is 27.0 Å². The summed E-state index contributed by atoms with van der Waals surface area (Å²) < 4.78 is 13.2. The van der Waals surface area contributed by atoms with Gasteiger partial charge in [0.15, 0.2) is 0 Å². The fraction of sp³-hybridized carbons (Fsp3) is 0.500. The van der Waals surface area contributed by atoms with E-state index in [2.05, 4.69) is 10.6 Å². The predicted octanol–water partition coefficient (Wildman–Crippen LogP) is 1.83. The molecule has 0 atom stereocenters. The third-order valence-corrected chi connectivity index (χ3v) is 2.94. The molecular weight excluding hydrogens is 231 g/mol. The molecule has 0 saturated heterocycles. The van der Waals surface area contributed by atoms with E-state index in [1.54, 1.807) is 6.07 Å². The summed E-state index contributed by atoms with van der Waals surface area (Å²) >= 11 is 0. The highest BCUT2D eigenvalue weighted by molar-refractivity contribution is 5.76. The number of hydrogen-bond acceptors (Lipinski definition) is 2. The predicted molar refractivity (Wildman–Crippen MR) is 71.0 cm³/mol. The van der Waals surface area contributed by atoms with Gasteiger partial charge in [0, 0.05) is 24.9 Å². The second-order valence-electron chi connectivity index (χ2n) is 5.02. The van der Waals surface area contributed by atoms with Gasteiger partial charge in [-0.15, -0.1) is 0 Å². The van der Waals surface area contributed by atoms with Crippen LogP contribution in [0.3, 0.4) is 0 Å². The number of benzene rings is 1. The van der Waals surface area contributed by atoms with E-state index >= 15 is 0 Å². The molecule has 1 amide bonds. The van der Waals surface area contributed by atoms with Gasteiger partial charge in [-0.1, -0.05) is 26.0 Å². The van der Waals surface area contributed by atoms with Crippen LogP contribution in [-0.2, 0) is 10.2 Å². The molecule has 1 rings (SSSR count). The first-order valence-corrected chi connectivity index (χ1v) is 6.13. The molecule has 0 saturated carbocycles. The average Bonchev–Trinajstić information content (AvgIpc) is 2.34. The zero-order valence-electron chi connectivity index (χ0n) is 11.2. The number of amides is 1. The standard InChI is InChI=1S/C14H21FN2O/c1-14(2,10-17-13(18)7-8-16-3)11-5-4-6-12(15)9-11/h4-6,9,16H,7-8,10H2,1-3H3,(H,17,18). The van der Waals surface area contributed by atoms with Crippen molar-refractivity contribution in [3.63, 3.8) is 0 Å². The molecule has 0 heterocycles. The minimum absolute atomic E-state index is 0.00817. The van der Waals surface area contributed by atoms with Crippen molar-refractivity contribution in [1.82, 2.24) is 10.6 Å². The second-order valence-corrected chi connectivity index (χ2v) is 5.02. The molecule has 0 radical (unpaired) electrons. The van der Waals surface area contributed by atoms with Crippen LogP contribution < -0.4 is 10.6 Å². The summed E-state index contributed by atoms with van der Waals surface area (Å²) in [5, 5.41) is 5.80. The van der Waals surface area contributed by atoms with Crippen molar-refractivity contribution < 1.29 is 9.18 Å². The summed E-state index contributed by atoms with van der Waals surface area (Å²) in [5.74, 6) is -0.240. The molecule has 0 aliphatic carbocycles. The minimum Gasteiger partial charge on any atom is -0.355 e. The maximum absolute atomic E-state index is 13.2. The van der Waals surface area contributed by atoms with Gasteiger partial charge in [0.2, 0.25) is 5.91 Å². The van der Waals surface area contributed by atoms with Crippen molar-refractivity contribution in [2.24, 2.45) is 0 Å². The van der Waals surface area contributed by atoms with E-state index in [1.165, 1.54) is 12.1 Å². The molecule has 0 aromatic heterocycles. The van der Waals surface area contributed by atoms with Crippen molar-refractivity contribution in [3.05, 3.63) is 35.6 Å². The third kappa shape index (κ3) is 4.45. The fourth-order valence-electron chi connectivity index (χ4n) is 1.66. The molecule has 2 N–H and O–H groups in total. The zero-order chi connectivity index (χ0) is 13.6. The van der Waals surface area contributed by atoms with Crippen LogP contribution in [0.25, 0.3) is 0 Å². The summed E-state index contributed by atoms with van der Waals surface area (Å²) in [6.07, 6.45) is 0.454. The van der Waals surface area contributed by atoms with Gasteiger partial charge in [0.25, 0.3) is 0 Å². The van der Waals surface area contributed by atoms with E-state index in [-0.39, 0.29) is 17.1 Å². The molecular formula is C14H21FN2O. The summed E-state index contributed by atoms with van der Waals surface area (Å²) in [5.41, 5.74) is 0.605. The molecule has 3 nitrogen and oxygen atoms in total. The van der Waals surface area contributed by atoms with Crippen LogP contribution in [0.1, 0.15) is 25.8 Å². The van der Waals surface area contributed by atoms with Gasteiger partial charge in [-0.05, 0) is 24.7 Å². The van der Waals surface area contributed by atoms with Crippen molar-refractivity contribution in [2.75, 3.05) is 20.1 Å². The Bertz CT molecular complexity index is 405. The summed E-state index contributed by atoms with van der Waals surface area (Å²) in [6.45, 7) is 5.13. The Labute approximate surface area is 108 Å². The van der Waals surface area contributed by atoms with Gasteiger partial charge in [-0.2, -0.15) is 0 Å². The quantitative estimate of drug-likeness (QED) is 0.811. The van der Waals surface area contributed by atoms with E-state index in [4.69, 9.17) is 0 Å². The number of halogens is 1. The second kappa shape index (κ2) is 6.50. The lowest BCUT2D eigenvalue weighted by molar-refractivity contribution is -0.121. The molecule has 18 heavy (non-hydrogen) atoms. The van der Waals surface area contributed by atoms with E-state index in [0.29, 0.717) is 19.5 Å². The summed E-state index contributed by atoms with van der Waals surface area (Å²) in [7, 11) is 1.81. The van der Waals surface area contributed by atoms with Gasteiger partial charge in [-0.3, -0.25) is 4.79 Å². The number of nitrogens with one attached hydrogen (secondary N) is 2. The molecule has 0 bridgehead atoms. The van der Waals surface area contributed by atoms with Crippen molar-refractivity contribution in [1.29, 1.82) is 0 Å². The van der Waals surface area contributed by atoms with Gasteiger partial charge in [0.1, 0.15) is 5.82 Å². The maximum Gasteiger partial charge on any atom is 0.221 e. The molecule has 0 spiro atoms. The van der Waals surface area contributed by atoms with Crippen LogP contribution >= 0.6 is 0 Å². The van der Waals surface area contributed by atoms with E-state index in [9.17, 15) is 9.18 Å². The Morgan fingerprint density at radius 3 is 2.72 bits per heavy atom. The molecule has 1 aromatic carbocycles. The lowest BCUT2D eigenvalue weighted by Crippen LogP contribution is -2.37. The minimum atomic E-state index is -0.280. The Balaban J connectivity index is 2.57. The average molecular weight is 252 g/mol. The first-order valence-electron chi connectivity index (χ1n) is 6.13. The van der Waals surface area contributed by atoms with Crippen LogP contribution in [0.2, 0.25) is 0 Å². The Morgan fingerprint density at radius 1 is 1.39 bits per heavy atom. The largest absolute Gasteiger partial charge is 0.355 e. The lowest BCUT2D eigenvalue weighted by atomic mass is 9.84. The maximum atomic E-state index is 13.2. The fourth-order valence-corrected chi connectivity index (χ4v) is 1.66. The van der Waals surface area contributed by atoms with E-state index in [0.717, 1.165) is 5.56 Å². The first kappa shape index (κ1) is 14.6. The highest BCUT2D eigenvalue weighted by Gasteiger charge is 2.21. The molecule has 4 heteroatoms. The highest BCUT2D eigenvalue weighted by atomic mass is 19.1. The smallest absolute Gasteiger partial charge is 0.221 e. The van der Waals surface area contributed by atoms with Gasteiger partial charge in [-0.25, -0.2) is 4.39 Å². The normalized spacial score (nSPS) is 11.3. The van der Waals surface area contributed by atoms with Crippen LogP contribution in [0, 0.1) is 5.82 Å². The van der Waals surface area contributed by atoms with Crippen molar-refractivity contribution >= 4 is 5.91 Å². The number of carbonyl (C=O) groups excluding carboxylic acids is 1. The van der Waals surface area contributed by atoms with Gasteiger partial charge >= 0.3 is 0 Å². The van der Waals surface area contributed by atoms with Crippen molar-refractivity contribution in [3.8, 4) is 0 Å². The van der Waals surface area contributed by atoms with Crippen molar-refractivity contribution in [2.45, 2.75) is 25.7 Å². The molecule has 1 aromatic rings. The van der Waals surface area contributed by atoms with E-state index < -0.39 is 0 Å². The van der Waals surface area contributed by atoms with Crippen LogP contribution in [-0.4, -0.2) is 26.0 Å².